The fraction of sp³-hybridized carbons (Fsp3) is 0.579. The molecule has 51 heavy (non-hydrogen) atoms. The van der Waals surface area contributed by atoms with Gasteiger partial charge in [-0.25, -0.2) is 19.2 Å². The number of methoxy groups -OCH3 is 4. The van der Waals surface area contributed by atoms with Crippen LogP contribution in [0.3, 0.4) is 0 Å². The molecule has 8 fully saturated rings. The summed E-state index contributed by atoms with van der Waals surface area (Å²) >= 11 is 0. The van der Waals surface area contributed by atoms with Crippen LogP contribution in [-0.2, 0) is 61.8 Å². The number of carbonyl (C=O) groups excluding carboxylic acids is 4. The van der Waals surface area contributed by atoms with Gasteiger partial charge in [-0.05, 0) is 22.3 Å². The molecule has 13 nitrogen and oxygen atoms in total. The van der Waals surface area contributed by atoms with Gasteiger partial charge in [0.15, 0.2) is 22.4 Å². The molecule has 10 aliphatic rings. The van der Waals surface area contributed by atoms with E-state index in [9.17, 15) is 19.2 Å². The Balaban J connectivity index is 1.11. The van der Waals surface area contributed by atoms with Crippen LogP contribution in [0.15, 0.2) is 48.5 Å². The van der Waals surface area contributed by atoms with Crippen molar-refractivity contribution in [3.63, 3.8) is 0 Å². The van der Waals surface area contributed by atoms with Gasteiger partial charge in [0.1, 0.15) is 0 Å². The van der Waals surface area contributed by atoms with Crippen molar-refractivity contribution in [3.05, 3.63) is 70.8 Å². The van der Waals surface area contributed by atoms with E-state index in [0.717, 1.165) is 22.3 Å². The number of fused-ring (bicyclic) bond motifs is 36. The lowest BCUT2D eigenvalue weighted by atomic mass is 9.42. The minimum Gasteiger partial charge on any atom is -0.467 e. The molecule has 0 amide bonds. The first kappa shape index (κ1) is 29.7. The maximum Gasteiger partial charge on any atom is 0.339 e. The molecule has 0 aromatic heterocycles. The topological polar surface area (TPSA) is 151 Å². The van der Waals surface area contributed by atoms with E-state index >= 15 is 0 Å². The van der Waals surface area contributed by atoms with Crippen molar-refractivity contribution < 1.29 is 61.8 Å². The van der Waals surface area contributed by atoms with Crippen molar-refractivity contribution in [1.29, 1.82) is 0 Å². The third-order valence-corrected chi connectivity index (χ3v) is 15.0. The summed E-state index contributed by atoms with van der Waals surface area (Å²) in [7, 11) is 5.21. The second-order valence-corrected chi connectivity index (χ2v) is 15.8. The zero-order chi connectivity index (χ0) is 34.7. The lowest BCUT2D eigenvalue weighted by Gasteiger charge is -2.53. The molecule has 2 unspecified atom stereocenters. The molecule has 12 rings (SSSR count). The summed E-state index contributed by atoms with van der Waals surface area (Å²) in [5.74, 6) is -8.21. The molecule has 0 N–H and O–H groups in total. The summed E-state index contributed by atoms with van der Waals surface area (Å²) in [6.07, 6.45) is -4.02. The molecule has 10 bridgehead atoms. The van der Waals surface area contributed by atoms with Crippen LogP contribution in [0.1, 0.15) is 46.7 Å². The van der Waals surface area contributed by atoms with E-state index in [1.165, 1.54) is 28.4 Å². The van der Waals surface area contributed by atoms with Crippen molar-refractivity contribution in [2.75, 3.05) is 28.4 Å². The Morgan fingerprint density at radius 1 is 0.431 bits per heavy atom. The minimum atomic E-state index is -1.70. The number of hydrogen-bond acceptors (Lipinski definition) is 13. The van der Waals surface area contributed by atoms with Gasteiger partial charge >= 0.3 is 23.9 Å². The number of benzene rings is 2. The van der Waals surface area contributed by atoms with Crippen molar-refractivity contribution >= 4 is 23.9 Å². The van der Waals surface area contributed by atoms with Crippen molar-refractivity contribution in [2.24, 2.45) is 47.3 Å². The highest BCUT2D eigenvalue weighted by Crippen LogP contribution is 2.85. The van der Waals surface area contributed by atoms with Gasteiger partial charge in [-0.3, -0.25) is 0 Å². The lowest BCUT2D eigenvalue weighted by molar-refractivity contribution is -0.208. The number of carbonyl (C=O) groups is 4. The Kier molecular flexibility index (Phi) is 5.14. The molecule has 13 heteroatoms. The average molecular weight is 699 g/mol. The normalized spacial score (nSPS) is 52.2. The van der Waals surface area contributed by atoms with Crippen LogP contribution in [0.5, 0.6) is 0 Å². The van der Waals surface area contributed by atoms with Gasteiger partial charge in [-0.15, -0.1) is 0 Å². The Labute approximate surface area is 291 Å². The van der Waals surface area contributed by atoms with E-state index in [1.807, 2.05) is 48.5 Å². The predicted molar refractivity (Wildman–Crippen MR) is 164 cm³/mol. The van der Waals surface area contributed by atoms with Crippen LogP contribution in [-0.4, -0.2) is 86.9 Å². The molecular weight excluding hydrogens is 664 g/mol. The molecule has 0 radical (unpaired) electrons. The Morgan fingerprint density at radius 2 is 0.686 bits per heavy atom. The van der Waals surface area contributed by atoms with Crippen LogP contribution in [0.2, 0.25) is 0 Å². The van der Waals surface area contributed by atoms with Crippen LogP contribution in [0.25, 0.3) is 0 Å². The third kappa shape index (κ3) is 2.59. The quantitative estimate of drug-likeness (QED) is 0.339. The molecule has 0 saturated carbocycles. The Morgan fingerprint density at radius 3 is 0.922 bits per heavy atom. The van der Waals surface area contributed by atoms with E-state index in [0.29, 0.717) is 0 Å². The predicted octanol–water partition coefficient (Wildman–Crippen LogP) is 2.08. The standard InChI is InChI=1S/C38H34O13/c1-43-31(39)35-17-18(26-14-10-6-5-9-13(14)25(17)47-26)36(50-35,32(40)44-2)22-21(35)29-23-24(30(22)49-29)38(34(42)46-4)20-19(37(23,51-38)33(41)45-3)27-15-11-7-8-12-16(15)28(20)48-27/h5-12,17-30H,1-4H3/t17-,18+,19+,20-,21-,22+,23+,24-,25+,26-,27-,28+,29?,30?,35-,36+,37+,38-. The molecule has 10 aliphatic heterocycles. The summed E-state index contributed by atoms with van der Waals surface area (Å²) in [5, 5.41) is 0. The fourth-order valence-corrected chi connectivity index (χ4v) is 14.2. The van der Waals surface area contributed by atoms with E-state index in [4.69, 9.17) is 42.6 Å². The van der Waals surface area contributed by atoms with Gasteiger partial charge in [0, 0.05) is 47.3 Å². The average Bonchev–Trinajstić information content (AvgIpc) is 4.03. The van der Waals surface area contributed by atoms with E-state index < -0.39 is 130 Å². The molecular formula is C38H34O13. The van der Waals surface area contributed by atoms with Crippen molar-refractivity contribution in [3.8, 4) is 0 Å². The number of ether oxygens (including phenoxy) is 9. The van der Waals surface area contributed by atoms with E-state index in [-0.39, 0.29) is 0 Å². The fourth-order valence-electron chi connectivity index (χ4n) is 14.2. The smallest absolute Gasteiger partial charge is 0.339 e. The molecule has 2 aromatic carbocycles. The van der Waals surface area contributed by atoms with Crippen LogP contribution >= 0.6 is 0 Å². The third-order valence-electron chi connectivity index (χ3n) is 15.0. The zero-order valence-corrected chi connectivity index (χ0v) is 28.0. The molecule has 0 spiro atoms. The monoisotopic (exact) mass is 698 g/mol. The van der Waals surface area contributed by atoms with Crippen LogP contribution < -0.4 is 0 Å². The molecule has 10 heterocycles. The zero-order valence-electron chi connectivity index (χ0n) is 28.0. The molecule has 0 aliphatic carbocycles. The largest absolute Gasteiger partial charge is 0.467 e. The first-order chi connectivity index (χ1) is 24.7. The van der Waals surface area contributed by atoms with Crippen LogP contribution in [0.4, 0.5) is 0 Å². The van der Waals surface area contributed by atoms with Gasteiger partial charge in [-0.2, -0.15) is 0 Å². The number of rotatable bonds is 4. The Bertz CT molecular complexity index is 1760. The number of hydrogen-bond donors (Lipinski definition) is 0. The van der Waals surface area contributed by atoms with Gasteiger partial charge in [0.05, 0.1) is 65.1 Å². The van der Waals surface area contributed by atoms with Crippen molar-refractivity contribution in [1.82, 2.24) is 0 Å². The second-order valence-electron chi connectivity index (χ2n) is 15.8. The lowest BCUT2D eigenvalue weighted by Crippen LogP contribution is -2.69. The number of esters is 4. The summed E-state index contributed by atoms with van der Waals surface area (Å²) < 4.78 is 56.9. The minimum absolute atomic E-state index is 0.565. The van der Waals surface area contributed by atoms with Crippen molar-refractivity contribution in [2.45, 2.75) is 59.0 Å². The summed E-state index contributed by atoms with van der Waals surface area (Å²) in [6, 6.07) is 15.6. The van der Waals surface area contributed by atoms with Gasteiger partial charge in [-0.1, -0.05) is 48.5 Å². The van der Waals surface area contributed by atoms with E-state index in [1.54, 1.807) is 0 Å². The van der Waals surface area contributed by atoms with Gasteiger partial charge in [0.2, 0.25) is 0 Å². The van der Waals surface area contributed by atoms with E-state index in [2.05, 4.69) is 0 Å². The summed E-state index contributed by atoms with van der Waals surface area (Å²) in [5.41, 5.74) is -3.09. The Hall–Kier alpha value is -3.88. The summed E-state index contributed by atoms with van der Waals surface area (Å²) in [4.78, 5) is 58.1. The maximum atomic E-state index is 14.5. The maximum absolute atomic E-state index is 14.5. The molecule has 18 atom stereocenters. The highest BCUT2D eigenvalue weighted by molar-refractivity contribution is 5.93. The molecule has 8 saturated heterocycles. The highest BCUT2D eigenvalue weighted by atomic mass is 16.7. The van der Waals surface area contributed by atoms with Gasteiger partial charge < -0.3 is 42.6 Å². The first-order valence-corrected chi connectivity index (χ1v) is 17.6. The molecule has 264 valence electrons. The summed E-state index contributed by atoms with van der Waals surface area (Å²) in [6.45, 7) is 0. The van der Waals surface area contributed by atoms with Gasteiger partial charge in [0.25, 0.3) is 0 Å². The second kappa shape index (κ2) is 8.83. The molecule has 2 aromatic rings. The SMILES string of the molecule is COC(=O)[C@@]12O[C@@](C(=O)OC)([C@H]3[C@@H]1[C@H]1O[C@@H]3c3ccccc31)[C@@H]1C3OC([C@@H]4[C@H]3[C@]3(C(=O)OC)O[C@@]4(C(=O)OC)[C@H]4[C@@H]3[C@H]3O[C@@H]4c4ccccc43)[C@@H]12. The first-order valence-electron chi connectivity index (χ1n) is 17.6. The van der Waals surface area contributed by atoms with Crippen LogP contribution in [0, 0.1) is 47.3 Å². The highest BCUT2D eigenvalue weighted by Gasteiger charge is 2.98.